The van der Waals surface area contributed by atoms with Crippen molar-refractivity contribution in [2.24, 2.45) is 58.2 Å². The van der Waals surface area contributed by atoms with Gasteiger partial charge in [0.25, 0.3) is 0 Å². The number of hydrogen-bond acceptors (Lipinski definition) is 2. The summed E-state index contributed by atoms with van der Waals surface area (Å²) < 4.78 is 6.18. The molecule has 0 spiro atoms. The van der Waals surface area contributed by atoms with Gasteiger partial charge in [0.15, 0.2) is 0 Å². The summed E-state index contributed by atoms with van der Waals surface area (Å²) in [5.74, 6) is 7.12. The summed E-state index contributed by atoms with van der Waals surface area (Å²) in [6.45, 7) is 17.6. The smallest absolute Gasteiger partial charge is 0.306 e. The van der Waals surface area contributed by atoms with Crippen molar-refractivity contribution in [2.75, 3.05) is 0 Å². The summed E-state index contributed by atoms with van der Waals surface area (Å²) in [6, 6.07) is 0. The molecule has 4 aliphatic rings. The van der Waals surface area contributed by atoms with Gasteiger partial charge in [-0.2, -0.15) is 0 Å². The highest BCUT2D eigenvalue weighted by atomic mass is 16.5. The molecule has 0 heterocycles. The van der Waals surface area contributed by atoms with E-state index < -0.39 is 0 Å². The van der Waals surface area contributed by atoms with Crippen molar-refractivity contribution in [2.45, 2.75) is 215 Å². The lowest BCUT2D eigenvalue weighted by atomic mass is 9.44. The molecule has 0 aromatic carbocycles. The molecule has 0 N–H and O–H groups in total. The Balaban J connectivity index is 1.12. The summed E-state index contributed by atoms with van der Waals surface area (Å²) in [5, 5.41) is 0. The molecule has 0 unspecified atom stereocenters. The van der Waals surface area contributed by atoms with Gasteiger partial charge >= 0.3 is 5.97 Å². The second kappa shape index (κ2) is 19.7. The third-order valence-electron chi connectivity index (χ3n) is 15.5. The zero-order valence-electron chi connectivity index (χ0n) is 33.3. The number of carbonyl (C=O) groups excluding carboxylic acids is 1. The molecule has 0 radical (unpaired) electrons. The van der Waals surface area contributed by atoms with Gasteiger partial charge < -0.3 is 4.74 Å². The normalized spacial score (nSPS) is 34.5. The topological polar surface area (TPSA) is 26.3 Å². The van der Waals surface area contributed by atoms with Crippen LogP contribution in [0.5, 0.6) is 0 Å². The molecule has 0 saturated heterocycles. The fourth-order valence-corrected chi connectivity index (χ4v) is 12.4. The molecule has 0 bridgehead atoms. The largest absolute Gasteiger partial charge is 0.462 e. The Kier molecular flexibility index (Phi) is 16.4. The number of rotatable bonds is 21. The number of allylic oxidation sites excluding steroid dienone is 2. The number of hydrogen-bond donors (Lipinski definition) is 0. The summed E-state index contributed by atoms with van der Waals surface area (Å²) in [5.41, 5.74) is 1.03. The molecule has 0 amide bonds. The Bertz CT molecular complexity index is 952. The van der Waals surface area contributed by atoms with E-state index in [1.165, 1.54) is 135 Å². The summed E-state index contributed by atoms with van der Waals surface area (Å²) in [6.07, 6.45) is 37.4. The van der Waals surface area contributed by atoms with Crippen LogP contribution >= 0.6 is 0 Å². The maximum atomic E-state index is 12.9. The maximum Gasteiger partial charge on any atom is 0.306 e. The van der Waals surface area contributed by atoms with Crippen LogP contribution in [0.3, 0.4) is 0 Å². The monoisotopic (exact) mass is 667 g/mol. The minimum atomic E-state index is 0.0808. The molecule has 0 aromatic heterocycles. The Morgan fingerprint density at radius 2 is 1.35 bits per heavy atom. The maximum absolute atomic E-state index is 12.9. The molecule has 10 atom stereocenters. The molecule has 278 valence electrons. The van der Waals surface area contributed by atoms with Gasteiger partial charge in [0, 0.05) is 6.42 Å². The molecule has 4 aliphatic carbocycles. The van der Waals surface area contributed by atoms with Crippen LogP contribution in [0.25, 0.3) is 0 Å². The standard InChI is InChI=1S/C46H82O2/c1-8-10-11-12-13-14-15-16-17-18-19-20-21-22-23-24-44(47)48-39-29-31-45(6)38(34-39)25-26-40-42-28-27-41(46(42,7)32-30-43(40)45)36(5)33-37(9-2)35(3)4/h16-17,35-43H,8-15,18-34H2,1-7H3/b17-16-/t36-,37-,38+,39+,40+,41-,42+,43+,45+,46-/m1/s1. The first-order valence-corrected chi connectivity index (χ1v) is 22.0. The van der Waals surface area contributed by atoms with Crippen LogP contribution < -0.4 is 0 Å². The van der Waals surface area contributed by atoms with Crippen molar-refractivity contribution in [3.63, 3.8) is 0 Å². The molecule has 48 heavy (non-hydrogen) atoms. The SMILES string of the molecule is CCCCCCCC/C=C\CCCCCCCC(=O)O[C@H]1CC[C@@]2(C)[C@@H](CC[C@@H]3[C@@H]2CC[C@]2(C)[C@@H]([C@H](C)C[C@@H](CC)C(C)C)CC[C@@H]32)C1. The number of fused-ring (bicyclic) bond motifs is 5. The molecular formula is C46H82O2. The molecule has 4 fully saturated rings. The number of unbranched alkanes of at least 4 members (excludes halogenated alkanes) is 11. The number of esters is 1. The third-order valence-corrected chi connectivity index (χ3v) is 15.5. The lowest BCUT2D eigenvalue weighted by Crippen LogP contribution is -2.54. The van der Waals surface area contributed by atoms with Gasteiger partial charge in [0.05, 0.1) is 0 Å². The van der Waals surface area contributed by atoms with Crippen molar-refractivity contribution in [3.05, 3.63) is 12.2 Å². The van der Waals surface area contributed by atoms with Crippen molar-refractivity contribution in [3.8, 4) is 0 Å². The van der Waals surface area contributed by atoms with E-state index in [0.29, 0.717) is 17.3 Å². The quantitative estimate of drug-likeness (QED) is 0.0692. The first kappa shape index (κ1) is 40.0. The van der Waals surface area contributed by atoms with Gasteiger partial charge in [0.1, 0.15) is 6.10 Å². The molecule has 0 aliphatic heterocycles. The number of ether oxygens (including phenoxy) is 1. The summed E-state index contributed by atoms with van der Waals surface area (Å²) >= 11 is 0. The van der Waals surface area contributed by atoms with Crippen LogP contribution in [0, 0.1) is 58.2 Å². The summed E-state index contributed by atoms with van der Waals surface area (Å²) in [7, 11) is 0. The van der Waals surface area contributed by atoms with E-state index in [9.17, 15) is 4.79 Å². The van der Waals surface area contributed by atoms with Crippen LogP contribution in [0.2, 0.25) is 0 Å². The average molecular weight is 667 g/mol. The van der Waals surface area contributed by atoms with E-state index in [0.717, 1.165) is 66.6 Å². The average Bonchev–Trinajstić information content (AvgIpc) is 3.42. The van der Waals surface area contributed by atoms with E-state index >= 15 is 0 Å². The van der Waals surface area contributed by atoms with Gasteiger partial charge in [-0.3, -0.25) is 4.79 Å². The Hall–Kier alpha value is -0.790. The van der Waals surface area contributed by atoms with E-state index in [4.69, 9.17) is 4.74 Å². The van der Waals surface area contributed by atoms with Gasteiger partial charge in [0.2, 0.25) is 0 Å². The Morgan fingerprint density at radius 1 is 0.729 bits per heavy atom. The highest BCUT2D eigenvalue weighted by Gasteiger charge is 2.60. The van der Waals surface area contributed by atoms with Crippen LogP contribution in [0.1, 0.15) is 209 Å². The van der Waals surface area contributed by atoms with E-state index in [1.807, 2.05) is 0 Å². The predicted molar refractivity (Wildman–Crippen MR) is 207 cm³/mol. The molecule has 4 saturated carbocycles. The van der Waals surface area contributed by atoms with Gasteiger partial charge in [-0.15, -0.1) is 0 Å². The third kappa shape index (κ3) is 10.4. The first-order chi connectivity index (χ1) is 23.1. The van der Waals surface area contributed by atoms with Crippen molar-refractivity contribution in [1.82, 2.24) is 0 Å². The number of carbonyl (C=O) groups is 1. The van der Waals surface area contributed by atoms with Crippen molar-refractivity contribution in [1.29, 1.82) is 0 Å². The minimum Gasteiger partial charge on any atom is -0.462 e. The van der Waals surface area contributed by atoms with Gasteiger partial charge in [-0.05, 0) is 154 Å². The first-order valence-electron chi connectivity index (χ1n) is 22.0. The molecule has 2 heteroatoms. The van der Waals surface area contributed by atoms with E-state index in [1.54, 1.807) is 0 Å². The lowest BCUT2D eigenvalue weighted by molar-refractivity contribution is -0.163. The second-order valence-corrected chi connectivity index (χ2v) is 18.7. The van der Waals surface area contributed by atoms with Crippen molar-refractivity contribution >= 4 is 5.97 Å². The van der Waals surface area contributed by atoms with Crippen LogP contribution in [0.4, 0.5) is 0 Å². The fraction of sp³-hybridized carbons (Fsp3) is 0.935. The molecule has 2 nitrogen and oxygen atoms in total. The van der Waals surface area contributed by atoms with E-state index in [2.05, 4.69) is 60.6 Å². The minimum absolute atomic E-state index is 0.0808. The molecular weight excluding hydrogens is 585 g/mol. The molecule has 4 rings (SSSR count). The van der Waals surface area contributed by atoms with E-state index in [-0.39, 0.29) is 12.1 Å². The fourth-order valence-electron chi connectivity index (χ4n) is 12.4. The van der Waals surface area contributed by atoms with Crippen LogP contribution in [-0.2, 0) is 9.53 Å². The Labute approximate surface area is 300 Å². The second-order valence-electron chi connectivity index (χ2n) is 18.7. The zero-order valence-corrected chi connectivity index (χ0v) is 33.3. The van der Waals surface area contributed by atoms with Gasteiger partial charge in [-0.1, -0.05) is 118 Å². The van der Waals surface area contributed by atoms with Crippen LogP contribution in [0.15, 0.2) is 12.2 Å². The zero-order chi connectivity index (χ0) is 34.6. The highest BCUT2D eigenvalue weighted by molar-refractivity contribution is 5.69. The Morgan fingerprint density at radius 3 is 2.02 bits per heavy atom. The summed E-state index contributed by atoms with van der Waals surface area (Å²) in [4.78, 5) is 12.9. The lowest BCUT2D eigenvalue weighted by Gasteiger charge is -2.61. The van der Waals surface area contributed by atoms with Gasteiger partial charge in [-0.25, -0.2) is 0 Å². The molecule has 0 aromatic rings. The van der Waals surface area contributed by atoms with Crippen LogP contribution in [-0.4, -0.2) is 12.1 Å². The van der Waals surface area contributed by atoms with Crippen molar-refractivity contribution < 1.29 is 9.53 Å². The predicted octanol–water partition coefficient (Wildman–Crippen LogP) is 14.3. The highest BCUT2D eigenvalue weighted by Crippen LogP contribution is 2.68.